The SMILES string of the molecule is Cc1nn(C)c(C)c1CC(=O)N1CCO[C@H](C)[C@H]1c1nc(C2CC2)no1. The summed E-state index contributed by atoms with van der Waals surface area (Å²) in [4.78, 5) is 19.5. The maximum absolute atomic E-state index is 13.1. The number of aryl methyl sites for hydroxylation is 2. The van der Waals surface area contributed by atoms with E-state index in [0.717, 1.165) is 35.6 Å². The van der Waals surface area contributed by atoms with Crippen LogP contribution in [0.25, 0.3) is 0 Å². The highest BCUT2D eigenvalue weighted by molar-refractivity contribution is 5.80. The highest BCUT2D eigenvalue weighted by Crippen LogP contribution is 2.39. The number of hydrogen-bond acceptors (Lipinski definition) is 6. The molecule has 8 nitrogen and oxygen atoms in total. The molecule has 3 heterocycles. The number of nitrogens with zero attached hydrogens (tertiary/aromatic N) is 5. The van der Waals surface area contributed by atoms with Gasteiger partial charge in [0.05, 0.1) is 24.8 Å². The van der Waals surface area contributed by atoms with Crippen LogP contribution in [0.4, 0.5) is 0 Å². The smallest absolute Gasteiger partial charge is 0.252 e. The van der Waals surface area contributed by atoms with E-state index < -0.39 is 0 Å². The van der Waals surface area contributed by atoms with E-state index in [2.05, 4.69) is 15.2 Å². The van der Waals surface area contributed by atoms with Gasteiger partial charge in [-0.05, 0) is 33.6 Å². The summed E-state index contributed by atoms with van der Waals surface area (Å²) >= 11 is 0. The van der Waals surface area contributed by atoms with Crippen molar-refractivity contribution in [3.05, 3.63) is 28.7 Å². The Morgan fingerprint density at radius 2 is 2.08 bits per heavy atom. The van der Waals surface area contributed by atoms with Gasteiger partial charge in [0.15, 0.2) is 5.82 Å². The Hall–Kier alpha value is -2.22. The Labute approximate surface area is 152 Å². The molecule has 0 unspecified atom stereocenters. The molecule has 1 amide bonds. The highest BCUT2D eigenvalue weighted by Gasteiger charge is 2.39. The topological polar surface area (TPSA) is 86.3 Å². The number of morpholine rings is 1. The minimum Gasteiger partial charge on any atom is -0.374 e. The molecule has 26 heavy (non-hydrogen) atoms. The fourth-order valence-electron chi connectivity index (χ4n) is 3.64. The summed E-state index contributed by atoms with van der Waals surface area (Å²) < 4.78 is 13.1. The number of rotatable bonds is 4. The number of aromatic nitrogens is 4. The van der Waals surface area contributed by atoms with Crippen molar-refractivity contribution in [3.8, 4) is 0 Å². The first-order valence-corrected chi connectivity index (χ1v) is 9.19. The second kappa shape index (κ2) is 6.50. The average molecular weight is 359 g/mol. The molecule has 1 saturated carbocycles. The molecule has 0 spiro atoms. The Morgan fingerprint density at radius 3 is 2.73 bits per heavy atom. The quantitative estimate of drug-likeness (QED) is 0.828. The molecule has 2 fully saturated rings. The van der Waals surface area contributed by atoms with Crippen LogP contribution in [0.3, 0.4) is 0 Å². The van der Waals surface area contributed by atoms with Crippen LogP contribution >= 0.6 is 0 Å². The summed E-state index contributed by atoms with van der Waals surface area (Å²) in [6.07, 6.45) is 2.35. The van der Waals surface area contributed by atoms with Crippen molar-refractivity contribution in [2.24, 2.45) is 7.05 Å². The molecule has 0 radical (unpaired) electrons. The molecule has 140 valence electrons. The summed E-state index contributed by atoms with van der Waals surface area (Å²) in [5.41, 5.74) is 2.90. The summed E-state index contributed by atoms with van der Waals surface area (Å²) in [7, 11) is 1.90. The normalized spacial score (nSPS) is 23.5. The Balaban J connectivity index is 1.58. The van der Waals surface area contributed by atoms with Gasteiger partial charge in [-0.15, -0.1) is 0 Å². The molecule has 2 aliphatic rings. The highest BCUT2D eigenvalue weighted by atomic mass is 16.5. The zero-order valence-electron chi connectivity index (χ0n) is 15.7. The predicted molar refractivity (Wildman–Crippen MR) is 92.5 cm³/mol. The van der Waals surface area contributed by atoms with Crippen molar-refractivity contribution in [1.29, 1.82) is 0 Å². The third-order valence-corrected chi connectivity index (χ3v) is 5.45. The van der Waals surface area contributed by atoms with Gasteiger partial charge in [-0.25, -0.2) is 0 Å². The second-order valence-corrected chi connectivity index (χ2v) is 7.32. The number of amides is 1. The third-order valence-electron chi connectivity index (χ3n) is 5.45. The van der Waals surface area contributed by atoms with Crippen molar-refractivity contribution in [1.82, 2.24) is 24.8 Å². The van der Waals surface area contributed by atoms with E-state index >= 15 is 0 Å². The van der Waals surface area contributed by atoms with Gasteiger partial charge in [-0.2, -0.15) is 10.1 Å². The first-order chi connectivity index (χ1) is 12.5. The van der Waals surface area contributed by atoms with Crippen molar-refractivity contribution < 1.29 is 14.1 Å². The Morgan fingerprint density at radius 1 is 1.31 bits per heavy atom. The van der Waals surface area contributed by atoms with Crippen molar-refractivity contribution in [2.75, 3.05) is 13.2 Å². The van der Waals surface area contributed by atoms with Crippen LogP contribution in [0.15, 0.2) is 4.52 Å². The molecule has 1 saturated heterocycles. The molecule has 1 aliphatic heterocycles. The second-order valence-electron chi connectivity index (χ2n) is 7.32. The van der Waals surface area contributed by atoms with Crippen LogP contribution in [-0.2, 0) is 23.0 Å². The monoisotopic (exact) mass is 359 g/mol. The van der Waals surface area contributed by atoms with Gasteiger partial charge >= 0.3 is 0 Å². The average Bonchev–Trinajstić information content (AvgIpc) is 3.30. The van der Waals surface area contributed by atoms with E-state index in [9.17, 15) is 4.79 Å². The molecular formula is C18H25N5O3. The standard InChI is InChI=1S/C18H25N5O3/c1-10-14(11(2)22(4)20-10)9-15(24)23-7-8-25-12(3)16(23)18-19-17(21-26-18)13-5-6-13/h12-13,16H,5-9H2,1-4H3/t12-,16+/m1/s1. The van der Waals surface area contributed by atoms with Crippen LogP contribution < -0.4 is 0 Å². The minimum atomic E-state index is -0.339. The van der Waals surface area contributed by atoms with Gasteiger partial charge < -0.3 is 14.2 Å². The van der Waals surface area contributed by atoms with Crippen LogP contribution in [0.2, 0.25) is 0 Å². The van der Waals surface area contributed by atoms with Crippen LogP contribution in [-0.4, -0.2) is 50.0 Å². The minimum absolute atomic E-state index is 0.0375. The van der Waals surface area contributed by atoms with Crippen LogP contribution in [0.5, 0.6) is 0 Å². The molecular weight excluding hydrogens is 334 g/mol. The molecule has 0 aromatic carbocycles. The number of carbonyl (C=O) groups excluding carboxylic acids is 1. The van der Waals surface area contributed by atoms with Gasteiger partial charge in [0, 0.05) is 30.8 Å². The predicted octanol–water partition coefficient (Wildman–Crippen LogP) is 1.83. The lowest BCUT2D eigenvalue weighted by Gasteiger charge is -2.37. The number of hydrogen-bond donors (Lipinski definition) is 0. The summed E-state index contributed by atoms with van der Waals surface area (Å²) in [6, 6.07) is -0.339. The summed E-state index contributed by atoms with van der Waals surface area (Å²) in [5, 5.41) is 8.52. The Kier molecular flexibility index (Phi) is 4.30. The summed E-state index contributed by atoms with van der Waals surface area (Å²) in [5.74, 6) is 1.68. The maximum Gasteiger partial charge on any atom is 0.252 e. The molecule has 1 aliphatic carbocycles. The zero-order chi connectivity index (χ0) is 18.4. The molecule has 2 aromatic rings. The molecule has 0 N–H and O–H groups in total. The first kappa shape index (κ1) is 17.2. The number of carbonyl (C=O) groups is 1. The van der Waals surface area contributed by atoms with E-state index in [1.165, 1.54) is 0 Å². The molecule has 4 rings (SSSR count). The maximum atomic E-state index is 13.1. The Bertz CT molecular complexity index is 823. The van der Waals surface area contributed by atoms with Gasteiger partial charge in [0.1, 0.15) is 6.04 Å². The van der Waals surface area contributed by atoms with Gasteiger partial charge in [0.2, 0.25) is 5.91 Å². The molecule has 2 atom stereocenters. The van der Waals surface area contributed by atoms with Crippen molar-refractivity contribution >= 4 is 5.91 Å². The summed E-state index contributed by atoms with van der Waals surface area (Å²) in [6.45, 7) is 6.91. The van der Waals surface area contributed by atoms with Crippen LogP contribution in [0.1, 0.15) is 60.4 Å². The van der Waals surface area contributed by atoms with Crippen molar-refractivity contribution in [3.63, 3.8) is 0 Å². The number of ether oxygens (including phenoxy) is 1. The fourth-order valence-corrected chi connectivity index (χ4v) is 3.64. The lowest BCUT2D eigenvalue weighted by molar-refractivity contribution is -0.146. The molecule has 2 aromatic heterocycles. The molecule has 0 bridgehead atoms. The first-order valence-electron chi connectivity index (χ1n) is 9.19. The van der Waals surface area contributed by atoms with E-state index in [0.29, 0.717) is 31.4 Å². The third kappa shape index (κ3) is 3.02. The van der Waals surface area contributed by atoms with Crippen LogP contribution in [0, 0.1) is 13.8 Å². The van der Waals surface area contributed by atoms with Gasteiger partial charge in [-0.1, -0.05) is 5.16 Å². The molecule has 8 heteroatoms. The van der Waals surface area contributed by atoms with Gasteiger partial charge in [0.25, 0.3) is 5.89 Å². The van der Waals surface area contributed by atoms with E-state index in [4.69, 9.17) is 9.26 Å². The zero-order valence-corrected chi connectivity index (χ0v) is 15.7. The largest absolute Gasteiger partial charge is 0.374 e. The lowest BCUT2D eigenvalue weighted by atomic mass is 10.0. The lowest BCUT2D eigenvalue weighted by Crippen LogP contribution is -2.48. The fraction of sp³-hybridized carbons (Fsp3) is 0.667. The van der Waals surface area contributed by atoms with E-state index in [1.54, 1.807) is 0 Å². The van der Waals surface area contributed by atoms with Crippen molar-refractivity contribution in [2.45, 2.75) is 58.1 Å². The van der Waals surface area contributed by atoms with E-state index in [1.807, 2.05) is 37.4 Å². The van der Waals surface area contributed by atoms with Gasteiger partial charge in [-0.3, -0.25) is 9.48 Å². The van der Waals surface area contributed by atoms with E-state index in [-0.39, 0.29) is 18.1 Å².